The van der Waals surface area contributed by atoms with E-state index in [9.17, 15) is 9.59 Å². The predicted molar refractivity (Wildman–Crippen MR) is 134 cm³/mol. The number of amides is 2. The Morgan fingerprint density at radius 2 is 1.41 bits per heavy atom. The van der Waals surface area contributed by atoms with E-state index in [0.29, 0.717) is 22.8 Å². The Balaban J connectivity index is 2.55. The summed E-state index contributed by atoms with van der Waals surface area (Å²) in [5.41, 5.74) is 5.42. The van der Waals surface area contributed by atoms with Crippen LogP contribution in [0.2, 0.25) is 0 Å². The van der Waals surface area contributed by atoms with Crippen molar-refractivity contribution in [1.82, 2.24) is 10.4 Å². The highest BCUT2D eigenvalue weighted by molar-refractivity contribution is 6.00. The zero-order valence-corrected chi connectivity index (χ0v) is 21.9. The lowest BCUT2D eigenvalue weighted by Gasteiger charge is -2.40. The van der Waals surface area contributed by atoms with E-state index in [4.69, 9.17) is 14.2 Å². The molecule has 0 radical (unpaired) electrons. The lowest BCUT2D eigenvalue weighted by atomic mass is 9.83. The fourth-order valence-corrected chi connectivity index (χ4v) is 4.12. The Hall–Kier alpha value is -3.22. The first-order valence-corrected chi connectivity index (χ1v) is 11.5. The summed E-state index contributed by atoms with van der Waals surface area (Å²) in [7, 11) is 4.49. The monoisotopic (exact) mass is 470 g/mol. The number of carbonyl (C=O) groups is 2. The van der Waals surface area contributed by atoms with Gasteiger partial charge in [0.15, 0.2) is 11.5 Å². The highest BCUT2D eigenvalue weighted by atomic mass is 16.5. The number of benzene rings is 2. The van der Waals surface area contributed by atoms with E-state index in [1.807, 2.05) is 32.0 Å². The van der Waals surface area contributed by atoms with Gasteiger partial charge in [0.1, 0.15) is 0 Å². The van der Waals surface area contributed by atoms with E-state index in [0.717, 1.165) is 24.0 Å². The molecular weight excluding hydrogens is 432 g/mol. The number of nitrogens with one attached hydrogen (secondary N) is 1. The van der Waals surface area contributed by atoms with Crippen LogP contribution in [0.3, 0.4) is 0 Å². The minimum Gasteiger partial charge on any atom is -0.493 e. The van der Waals surface area contributed by atoms with Crippen molar-refractivity contribution < 1.29 is 23.8 Å². The number of ether oxygens (including phenoxy) is 3. The number of nitrogens with zero attached hydrogens (tertiary/aromatic N) is 1. The van der Waals surface area contributed by atoms with Crippen LogP contribution in [0.1, 0.15) is 72.4 Å². The largest absolute Gasteiger partial charge is 0.493 e. The highest BCUT2D eigenvalue weighted by Crippen LogP contribution is 2.38. The maximum absolute atomic E-state index is 13.8. The topological polar surface area (TPSA) is 77.1 Å². The van der Waals surface area contributed by atoms with Crippen LogP contribution >= 0.6 is 0 Å². The zero-order valence-electron chi connectivity index (χ0n) is 21.9. The second-order valence-electron chi connectivity index (χ2n) is 9.58. The molecular formula is C27H38N2O5. The molecule has 0 aliphatic rings. The van der Waals surface area contributed by atoms with Crippen molar-refractivity contribution in [2.45, 2.75) is 60.4 Å². The van der Waals surface area contributed by atoms with Crippen molar-refractivity contribution in [3.63, 3.8) is 0 Å². The molecule has 1 atom stereocenters. The van der Waals surface area contributed by atoms with Gasteiger partial charge in [-0.2, -0.15) is 0 Å². The molecule has 0 spiro atoms. The fraction of sp³-hybridized carbons (Fsp3) is 0.481. The van der Waals surface area contributed by atoms with E-state index < -0.39 is 5.91 Å². The lowest BCUT2D eigenvalue weighted by molar-refractivity contribution is 0.0271. The Labute approximate surface area is 203 Å². The van der Waals surface area contributed by atoms with E-state index in [1.165, 1.54) is 26.3 Å². The molecule has 7 nitrogen and oxygen atoms in total. The van der Waals surface area contributed by atoms with Crippen LogP contribution in [0.15, 0.2) is 30.3 Å². The Morgan fingerprint density at radius 1 is 0.882 bits per heavy atom. The van der Waals surface area contributed by atoms with E-state index in [1.54, 1.807) is 12.1 Å². The first kappa shape index (κ1) is 27.0. The van der Waals surface area contributed by atoms with Crippen molar-refractivity contribution in [3.8, 4) is 17.2 Å². The molecule has 0 saturated heterocycles. The van der Waals surface area contributed by atoms with Gasteiger partial charge in [-0.3, -0.25) is 15.0 Å². The van der Waals surface area contributed by atoms with Gasteiger partial charge in [-0.1, -0.05) is 51.3 Å². The standard InChI is InChI=1S/C27H38N2O5/c1-10-11-23(27(4,5)6)29(26(31)20-13-17(2)12-18(3)14-20)28-25(30)19-15-21(32-7)24(34-9)22(16-19)33-8/h12-16,23H,10-11H2,1-9H3,(H,28,30)/t23-/m1/s1. The number of aryl methyl sites for hydroxylation is 2. The van der Waals surface area contributed by atoms with Crippen molar-refractivity contribution in [2.24, 2.45) is 5.41 Å². The molecule has 186 valence electrons. The number of hydrazine groups is 1. The summed E-state index contributed by atoms with van der Waals surface area (Å²) < 4.78 is 16.1. The summed E-state index contributed by atoms with van der Waals surface area (Å²) in [6, 6.07) is 8.63. The van der Waals surface area contributed by atoms with E-state index in [-0.39, 0.29) is 22.9 Å². The fourth-order valence-electron chi connectivity index (χ4n) is 4.12. The van der Waals surface area contributed by atoms with Gasteiger partial charge < -0.3 is 14.2 Å². The van der Waals surface area contributed by atoms with Gasteiger partial charge in [0, 0.05) is 11.1 Å². The maximum Gasteiger partial charge on any atom is 0.272 e. The normalized spacial score (nSPS) is 12.0. The zero-order chi connectivity index (χ0) is 25.6. The minimum absolute atomic E-state index is 0.225. The smallest absolute Gasteiger partial charge is 0.272 e. The molecule has 0 aliphatic carbocycles. The molecule has 2 amide bonds. The molecule has 0 aromatic heterocycles. The molecule has 1 N–H and O–H groups in total. The van der Waals surface area contributed by atoms with Crippen LogP contribution in [-0.4, -0.2) is 44.2 Å². The number of hydrogen-bond acceptors (Lipinski definition) is 5. The first-order valence-electron chi connectivity index (χ1n) is 11.5. The van der Waals surface area contributed by atoms with Gasteiger partial charge in [-0.15, -0.1) is 0 Å². The Morgan fingerprint density at radius 3 is 1.82 bits per heavy atom. The molecule has 0 bridgehead atoms. The predicted octanol–water partition coefficient (Wildman–Crippen LogP) is 5.33. The van der Waals surface area contributed by atoms with Gasteiger partial charge >= 0.3 is 0 Å². The van der Waals surface area contributed by atoms with Crippen LogP contribution in [-0.2, 0) is 0 Å². The van der Waals surface area contributed by atoms with Crippen LogP contribution < -0.4 is 19.6 Å². The third-order valence-electron chi connectivity index (χ3n) is 5.71. The molecule has 2 aromatic rings. The molecule has 0 heterocycles. The summed E-state index contributed by atoms with van der Waals surface area (Å²) in [6.45, 7) is 12.2. The average molecular weight is 471 g/mol. The van der Waals surface area contributed by atoms with Gasteiger partial charge in [0.05, 0.1) is 27.4 Å². The van der Waals surface area contributed by atoms with Crippen molar-refractivity contribution >= 4 is 11.8 Å². The second kappa shape index (κ2) is 11.3. The second-order valence-corrected chi connectivity index (χ2v) is 9.58. The van der Waals surface area contributed by atoms with Crippen LogP contribution in [0.5, 0.6) is 17.2 Å². The SMILES string of the molecule is CCC[C@@H](N(NC(=O)c1cc(OC)c(OC)c(OC)c1)C(=O)c1cc(C)cc(C)c1)C(C)(C)C. The van der Waals surface area contributed by atoms with Gasteiger partial charge in [0.2, 0.25) is 5.75 Å². The van der Waals surface area contributed by atoms with Crippen LogP contribution in [0.4, 0.5) is 0 Å². The van der Waals surface area contributed by atoms with Crippen LogP contribution in [0.25, 0.3) is 0 Å². The van der Waals surface area contributed by atoms with Crippen molar-refractivity contribution in [2.75, 3.05) is 21.3 Å². The maximum atomic E-state index is 13.8. The first-order chi connectivity index (χ1) is 16.0. The molecule has 0 unspecified atom stereocenters. The summed E-state index contributed by atoms with van der Waals surface area (Å²) in [5, 5.41) is 1.49. The molecule has 7 heteroatoms. The Bertz CT molecular complexity index is 981. The number of hydrogen-bond donors (Lipinski definition) is 1. The highest BCUT2D eigenvalue weighted by Gasteiger charge is 2.35. The molecule has 0 saturated carbocycles. The number of carbonyl (C=O) groups excluding carboxylic acids is 2. The summed E-state index contributed by atoms with van der Waals surface area (Å²) >= 11 is 0. The summed E-state index contributed by atoms with van der Waals surface area (Å²) in [5.74, 6) is 0.423. The molecule has 2 rings (SSSR count). The quantitative estimate of drug-likeness (QED) is 0.528. The lowest BCUT2D eigenvalue weighted by Crippen LogP contribution is -2.56. The van der Waals surface area contributed by atoms with Crippen LogP contribution in [0, 0.1) is 19.3 Å². The minimum atomic E-state index is -0.442. The third-order valence-corrected chi connectivity index (χ3v) is 5.71. The van der Waals surface area contributed by atoms with Gasteiger partial charge in [-0.05, 0) is 49.9 Å². The van der Waals surface area contributed by atoms with E-state index >= 15 is 0 Å². The molecule has 0 fully saturated rings. The molecule has 2 aromatic carbocycles. The van der Waals surface area contributed by atoms with E-state index in [2.05, 4.69) is 33.1 Å². The Kier molecular flexibility index (Phi) is 8.96. The van der Waals surface area contributed by atoms with Gasteiger partial charge in [0.25, 0.3) is 11.8 Å². The summed E-state index contributed by atoms with van der Waals surface area (Å²) in [6.07, 6.45) is 1.59. The average Bonchev–Trinajstić information content (AvgIpc) is 2.78. The summed E-state index contributed by atoms with van der Waals surface area (Å²) in [4.78, 5) is 27.2. The number of rotatable bonds is 8. The van der Waals surface area contributed by atoms with Crippen molar-refractivity contribution in [1.29, 1.82) is 0 Å². The third kappa shape index (κ3) is 6.22. The van der Waals surface area contributed by atoms with Crippen molar-refractivity contribution in [3.05, 3.63) is 52.6 Å². The molecule has 34 heavy (non-hydrogen) atoms. The van der Waals surface area contributed by atoms with Gasteiger partial charge in [-0.25, -0.2) is 5.01 Å². The number of methoxy groups -OCH3 is 3. The molecule has 0 aliphatic heterocycles.